The van der Waals surface area contributed by atoms with Crippen LogP contribution in [0.1, 0.15) is 19.4 Å². The molecule has 0 bridgehead atoms. The molecule has 0 saturated heterocycles. The number of nitrogens with one attached hydrogen (secondary N) is 1. The molecule has 2 N–H and O–H groups in total. The summed E-state index contributed by atoms with van der Waals surface area (Å²) < 4.78 is 31.4. The molecule has 2 aromatic carbocycles. The van der Waals surface area contributed by atoms with Gasteiger partial charge in [0.25, 0.3) is 5.69 Å². The lowest BCUT2D eigenvalue weighted by Crippen LogP contribution is -2.30. The van der Waals surface area contributed by atoms with Crippen LogP contribution in [0.25, 0.3) is 0 Å². The Morgan fingerprint density at radius 3 is 2.52 bits per heavy atom. The van der Waals surface area contributed by atoms with Crippen molar-refractivity contribution in [3.63, 3.8) is 0 Å². The van der Waals surface area contributed by atoms with Gasteiger partial charge in [0.05, 0.1) is 23.1 Å². The van der Waals surface area contributed by atoms with E-state index in [-0.39, 0.29) is 35.2 Å². The van der Waals surface area contributed by atoms with Gasteiger partial charge in [0, 0.05) is 19.2 Å². The van der Waals surface area contributed by atoms with Gasteiger partial charge in [-0.3, -0.25) is 15.5 Å². The first-order chi connectivity index (χ1) is 13.7. The van der Waals surface area contributed by atoms with Crippen molar-refractivity contribution in [1.82, 2.24) is 4.31 Å². The van der Waals surface area contributed by atoms with Gasteiger partial charge in [-0.2, -0.15) is 9.41 Å². The molecule has 2 rings (SSSR count). The van der Waals surface area contributed by atoms with E-state index in [1.54, 1.807) is 19.9 Å². The number of aromatic hydroxyl groups is 1. The molecule has 0 amide bonds. The first-order valence-corrected chi connectivity index (χ1v) is 10.1. The van der Waals surface area contributed by atoms with Crippen LogP contribution in [-0.2, 0) is 10.0 Å². The van der Waals surface area contributed by atoms with Crippen LogP contribution in [0.3, 0.4) is 0 Å². The highest BCUT2D eigenvalue weighted by Crippen LogP contribution is 2.29. The predicted octanol–water partition coefficient (Wildman–Crippen LogP) is 2.79. The largest absolute Gasteiger partial charge is 0.504 e. The Morgan fingerprint density at radius 1 is 1.24 bits per heavy atom. The zero-order valence-electron chi connectivity index (χ0n) is 16.2. The van der Waals surface area contributed by atoms with Crippen molar-refractivity contribution in [2.75, 3.05) is 25.6 Å². The number of benzene rings is 2. The summed E-state index contributed by atoms with van der Waals surface area (Å²) in [6.45, 7) is 3.90. The number of nitro groups is 1. The van der Waals surface area contributed by atoms with Gasteiger partial charge in [-0.15, -0.1) is 0 Å². The maximum Gasteiger partial charge on any atom is 0.295 e. The number of hydrazone groups is 1. The second-order valence-electron chi connectivity index (χ2n) is 5.83. The summed E-state index contributed by atoms with van der Waals surface area (Å²) in [6.07, 6.45) is 1.38. The molecule has 0 fully saturated rings. The molecular weight excluding hydrogens is 400 g/mol. The number of sulfonamides is 1. The van der Waals surface area contributed by atoms with Crippen LogP contribution in [0.2, 0.25) is 0 Å². The Balaban J connectivity index is 2.31. The van der Waals surface area contributed by atoms with Crippen LogP contribution in [0.5, 0.6) is 11.5 Å². The number of hydrogen-bond donors (Lipinski definition) is 2. The molecule has 2 aromatic rings. The van der Waals surface area contributed by atoms with E-state index in [2.05, 4.69) is 10.5 Å². The molecule has 0 heterocycles. The van der Waals surface area contributed by atoms with Crippen LogP contribution in [0.4, 0.5) is 11.4 Å². The minimum absolute atomic E-state index is 0.0294. The Kier molecular flexibility index (Phi) is 7.13. The molecule has 11 heteroatoms. The molecule has 10 nitrogen and oxygen atoms in total. The Morgan fingerprint density at radius 2 is 1.93 bits per heavy atom. The molecule has 156 valence electrons. The maximum absolute atomic E-state index is 12.6. The average molecular weight is 422 g/mol. The van der Waals surface area contributed by atoms with Gasteiger partial charge in [-0.1, -0.05) is 13.8 Å². The number of anilines is 1. The lowest BCUT2D eigenvalue weighted by Gasteiger charge is -2.18. The molecule has 0 spiro atoms. The summed E-state index contributed by atoms with van der Waals surface area (Å²) in [5.74, 6) is 0.226. The fourth-order valence-corrected chi connectivity index (χ4v) is 4.06. The van der Waals surface area contributed by atoms with Crippen LogP contribution < -0.4 is 10.2 Å². The fraction of sp³-hybridized carbons (Fsp3) is 0.278. The van der Waals surface area contributed by atoms with E-state index >= 15 is 0 Å². The van der Waals surface area contributed by atoms with Gasteiger partial charge < -0.3 is 9.84 Å². The molecule has 0 aromatic heterocycles. The van der Waals surface area contributed by atoms with Crippen molar-refractivity contribution in [2.24, 2.45) is 5.10 Å². The van der Waals surface area contributed by atoms with Gasteiger partial charge in [0.15, 0.2) is 11.5 Å². The molecule has 0 aliphatic carbocycles. The van der Waals surface area contributed by atoms with E-state index in [0.717, 1.165) is 6.07 Å². The monoisotopic (exact) mass is 422 g/mol. The van der Waals surface area contributed by atoms with E-state index in [1.165, 1.54) is 41.9 Å². The van der Waals surface area contributed by atoms with E-state index in [4.69, 9.17) is 4.74 Å². The highest BCUT2D eigenvalue weighted by molar-refractivity contribution is 7.89. The van der Waals surface area contributed by atoms with E-state index in [1.807, 2.05) is 0 Å². The fourth-order valence-electron chi connectivity index (χ4n) is 2.58. The summed E-state index contributed by atoms with van der Waals surface area (Å²) in [4.78, 5) is 10.6. The SMILES string of the molecule is CCN(CC)S(=O)(=O)c1ccc(N/N=C/c2ccc(O)c(OC)c2)c([N+](=O)[O-])c1. The number of ether oxygens (including phenoxy) is 1. The van der Waals surface area contributed by atoms with E-state index < -0.39 is 20.6 Å². The van der Waals surface area contributed by atoms with Crippen molar-refractivity contribution in [3.05, 3.63) is 52.1 Å². The molecule has 0 saturated carbocycles. The van der Waals surface area contributed by atoms with Crippen molar-refractivity contribution in [3.8, 4) is 11.5 Å². The van der Waals surface area contributed by atoms with Gasteiger partial charge in [0.2, 0.25) is 10.0 Å². The van der Waals surface area contributed by atoms with Crippen LogP contribution >= 0.6 is 0 Å². The van der Waals surface area contributed by atoms with Crippen molar-refractivity contribution in [2.45, 2.75) is 18.7 Å². The number of phenols is 1. The molecule has 29 heavy (non-hydrogen) atoms. The van der Waals surface area contributed by atoms with E-state index in [9.17, 15) is 23.6 Å². The lowest BCUT2D eigenvalue weighted by molar-refractivity contribution is -0.384. The Bertz CT molecular complexity index is 1020. The lowest BCUT2D eigenvalue weighted by atomic mass is 10.2. The quantitative estimate of drug-likeness (QED) is 0.360. The first-order valence-electron chi connectivity index (χ1n) is 8.69. The standard InChI is InChI=1S/C18H22N4O6S/c1-4-21(5-2)29(26,27)14-7-8-15(16(11-14)22(24)25)20-19-12-13-6-9-17(23)18(10-13)28-3/h6-12,20,23H,4-5H2,1-3H3/b19-12+. The second kappa shape index (κ2) is 9.34. The van der Waals surface area contributed by atoms with Gasteiger partial charge in [0.1, 0.15) is 5.69 Å². The van der Waals surface area contributed by atoms with E-state index in [0.29, 0.717) is 5.56 Å². The van der Waals surface area contributed by atoms with Crippen molar-refractivity contribution >= 4 is 27.6 Å². The summed E-state index contributed by atoms with van der Waals surface area (Å²) in [7, 11) is -2.42. The average Bonchev–Trinajstić information content (AvgIpc) is 2.69. The molecule has 0 atom stereocenters. The predicted molar refractivity (Wildman–Crippen MR) is 109 cm³/mol. The molecule has 0 radical (unpaired) electrons. The van der Waals surface area contributed by atoms with Gasteiger partial charge in [-0.05, 0) is 35.9 Å². The second-order valence-corrected chi connectivity index (χ2v) is 7.76. The molecular formula is C18H22N4O6S. The number of methoxy groups -OCH3 is 1. The highest BCUT2D eigenvalue weighted by Gasteiger charge is 2.25. The maximum atomic E-state index is 12.6. The summed E-state index contributed by atoms with van der Waals surface area (Å²) in [5, 5.41) is 25.0. The minimum atomic E-state index is -3.82. The number of phenolic OH excluding ortho intramolecular Hbond substituents is 1. The van der Waals surface area contributed by atoms with Crippen LogP contribution in [0.15, 0.2) is 46.4 Å². The summed E-state index contributed by atoms with van der Waals surface area (Å²) in [5.41, 5.74) is 2.75. The Hall–Kier alpha value is -3.18. The van der Waals surface area contributed by atoms with Gasteiger partial charge >= 0.3 is 0 Å². The third-order valence-electron chi connectivity index (χ3n) is 4.11. The molecule has 0 unspecified atom stereocenters. The van der Waals surface area contributed by atoms with Gasteiger partial charge in [-0.25, -0.2) is 8.42 Å². The molecule has 0 aliphatic rings. The molecule has 0 aliphatic heterocycles. The third kappa shape index (κ3) is 5.00. The van der Waals surface area contributed by atoms with Crippen LogP contribution in [-0.4, -0.2) is 49.2 Å². The summed E-state index contributed by atoms with van der Waals surface area (Å²) in [6, 6.07) is 8.14. The van der Waals surface area contributed by atoms with Crippen molar-refractivity contribution < 1.29 is 23.2 Å². The van der Waals surface area contributed by atoms with Crippen LogP contribution in [0, 0.1) is 10.1 Å². The zero-order chi connectivity index (χ0) is 21.6. The number of nitrogens with zero attached hydrogens (tertiary/aromatic N) is 3. The number of hydrogen-bond acceptors (Lipinski definition) is 8. The smallest absolute Gasteiger partial charge is 0.295 e. The number of rotatable bonds is 9. The first kappa shape index (κ1) is 22.1. The van der Waals surface area contributed by atoms with Crippen molar-refractivity contribution in [1.29, 1.82) is 0 Å². The third-order valence-corrected chi connectivity index (χ3v) is 6.16. The highest BCUT2D eigenvalue weighted by atomic mass is 32.2. The zero-order valence-corrected chi connectivity index (χ0v) is 17.0. The summed E-state index contributed by atoms with van der Waals surface area (Å²) >= 11 is 0. The normalized spacial score (nSPS) is 11.7. The number of nitro benzene ring substituents is 1. The minimum Gasteiger partial charge on any atom is -0.504 e. The Labute approximate surface area is 168 Å². The topological polar surface area (TPSA) is 134 Å².